The van der Waals surface area contributed by atoms with Crippen LogP contribution in [-0.4, -0.2) is 9.97 Å². The summed E-state index contributed by atoms with van der Waals surface area (Å²) >= 11 is 14.7. The molecule has 7 heteroatoms. The minimum atomic E-state index is 0. The molecule has 3 aromatic carbocycles. The third-order valence-corrected chi connectivity index (χ3v) is 5.15. The molecule has 136 valence electrons. The average Bonchev–Trinajstić information content (AvgIpc) is 2.63. The molecule has 0 saturated heterocycles. The zero-order valence-corrected chi connectivity index (χ0v) is 18.2. The maximum atomic E-state index is 6.36. The van der Waals surface area contributed by atoms with E-state index in [0.29, 0.717) is 15.9 Å². The molecule has 27 heavy (non-hydrogen) atoms. The van der Waals surface area contributed by atoms with Gasteiger partial charge in [0.05, 0.1) is 10.5 Å². The van der Waals surface area contributed by atoms with Crippen LogP contribution in [0.25, 0.3) is 22.3 Å². The largest absolute Gasteiger partial charge is 1.00 e. The van der Waals surface area contributed by atoms with E-state index in [1.807, 2.05) is 54.6 Å². The smallest absolute Gasteiger partial charge is 0.163 e. The molecular formula is C20H12Cl3IN3-. The number of anilines is 2. The van der Waals surface area contributed by atoms with Gasteiger partial charge in [0.1, 0.15) is 5.82 Å². The molecule has 3 nitrogen and oxygen atoms in total. The third kappa shape index (κ3) is 4.46. The maximum Gasteiger partial charge on any atom is 0.163 e. The summed E-state index contributed by atoms with van der Waals surface area (Å²) in [7, 11) is 0. The molecule has 0 atom stereocenters. The molecule has 0 unspecified atom stereocenters. The van der Waals surface area contributed by atoms with Crippen LogP contribution >= 0.6 is 45.8 Å². The molecule has 0 fully saturated rings. The highest BCUT2D eigenvalue weighted by Gasteiger charge is 2.12. The molecule has 4 rings (SSSR count). The summed E-state index contributed by atoms with van der Waals surface area (Å²) in [6.07, 6.45) is 0. The van der Waals surface area contributed by atoms with E-state index < -0.39 is 0 Å². The fraction of sp³-hybridized carbons (Fsp3) is 0. The van der Waals surface area contributed by atoms with E-state index >= 15 is 0 Å². The Labute approximate surface area is 186 Å². The molecule has 0 aliphatic rings. The first-order valence-corrected chi connectivity index (χ1v) is 9.68. The molecule has 1 heterocycles. The summed E-state index contributed by atoms with van der Waals surface area (Å²) < 4.78 is 1.18. The predicted octanol–water partition coefficient (Wildman–Crippen LogP) is 3.96. The van der Waals surface area contributed by atoms with Crippen molar-refractivity contribution < 1.29 is 12.4 Å². The number of rotatable bonds is 3. The minimum Gasteiger partial charge on any atom is -1.00 e. The van der Waals surface area contributed by atoms with Crippen molar-refractivity contribution in [1.29, 1.82) is 0 Å². The van der Waals surface area contributed by atoms with Gasteiger partial charge in [-0.1, -0.05) is 35.3 Å². The number of halogens is 4. The number of aromatic nitrogens is 2. The Kier molecular flexibility index (Phi) is 6.42. The molecule has 0 amide bonds. The van der Waals surface area contributed by atoms with Crippen LogP contribution in [0.1, 0.15) is 0 Å². The second-order valence-corrected chi connectivity index (χ2v) is 7.76. The molecule has 4 aromatic rings. The Morgan fingerprint density at radius 2 is 1.59 bits per heavy atom. The zero-order chi connectivity index (χ0) is 18.1. The standard InChI is InChI=1S/C20H12Cl2IN3.ClH/c21-12-5-10-15(17(22)11-12)19-25-18-4-2-1-3-16(18)20(26-19)24-14-8-6-13(23)7-9-14;/h1-11H,(H,24,25,26);1H/p-1. The Balaban J connectivity index is 0.00000210. The summed E-state index contributed by atoms with van der Waals surface area (Å²) in [6, 6.07) is 21.3. The predicted molar refractivity (Wildman–Crippen MR) is 117 cm³/mol. The minimum absolute atomic E-state index is 0. The molecule has 0 bridgehead atoms. The van der Waals surface area contributed by atoms with Crippen molar-refractivity contribution in [3.8, 4) is 11.4 Å². The lowest BCUT2D eigenvalue weighted by Crippen LogP contribution is -3.00. The molecular weight excluding hydrogens is 516 g/mol. The maximum absolute atomic E-state index is 6.36. The first kappa shape index (κ1) is 20.1. The van der Waals surface area contributed by atoms with Crippen LogP contribution < -0.4 is 17.7 Å². The van der Waals surface area contributed by atoms with Crippen molar-refractivity contribution >= 4 is 68.2 Å². The number of nitrogens with zero attached hydrogens (tertiary/aromatic N) is 2. The lowest BCUT2D eigenvalue weighted by molar-refractivity contribution is -0.00000486. The van der Waals surface area contributed by atoms with Crippen LogP contribution in [0.4, 0.5) is 11.5 Å². The summed E-state index contributed by atoms with van der Waals surface area (Å²) in [5.41, 5.74) is 2.55. The number of benzene rings is 3. The van der Waals surface area contributed by atoms with Crippen molar-refractivity contribution in [2.24, 2.45) is 0 Å². The third-order valence-electron chi connectivity index (χ3n) is 3.88. The van der Waals surface area contributed by atoms with Crippen LogP contribution in [0.2, 0.25) is 10.0 Å². The molecule has 0 aliphatic carbocycles. The van der Waals surface area contributed by atoms with Gasteiger partial charge in [0.15, 0.2) is 5.82 Å². The number of hydrogen-bond acceptors (Lipinski definition) is 3. The Morgan fingerprint density at radius 1 is 0.852 bits per heavy atom. The van der Waals surface area contributed by atoms with Crippen LogP contribution in [0.3, 0.4) is 0 Å². The first-order chi connectivity index (χ1) is 12.6. The van der Waals surface area contributed by atoms with Crippen LogP contribution in [-0.2, 0) is 0 Å². The fourth-order valence-corrected chi connectivity index (χ4v) is 3.49. The molecule has 1 N–H and O–H groups in total. The van der Waals surface area contributed by atoms with Gasteiger partial charge in [0, 0.05) is 25.2 Å². The first-order valence-electron chi connectivity index (χ1n) is 7.85. The second-order valence-electron chi connectivity index (χ2n) is 5.67. The van der Waals surface area contributed by atoms with Crippen molar-refractivity contribution in [2.45, 2.75) is 0 Å². The van der Waals surface area contributed by atoms with Crippen molar-refractivity contribution in [3.63, 3.8) is 0 Å². The highest BCUT2D eigenvalue weighted by atomic mass is 127. The highest BCUT2D eigenvalue weighted by molar-refractivity contribution is 14.1. The van der Waals surface area contributed by atoms with Crippen LogP contribution in [0, 0.1) is 3.57 Å². The topological polar surface area (TPSA) is 37.8 Å². The number of fused-ring (bicyclic) bond motifs is 1. The summed E-state index contributed by atoms with van der Waals surface area (Å²) in [5, 5.41) is 5.44. The van der Waals surface area contributed by atoms with Crippen LogP contribution in [0.5, 0.6) is 0 Å². The Hall–Kier alpha value is -1.60. The van der Waals surface area contributed by atoms with Gasteiger partial charge in [-0.05, 0) is 77.2 Å². The van der Waals surface area contributed by atoms with Crippen molar-refractivity contribution in [2.75, 3.05) is 5.32 Å². The quantitative estimate of drug-likeness (QED) is 0.410. The zero-order valence-electron chi connectivity index (χ0n) is 13.8. The Bertz CT molecular complexity index is 1100. The number of nitrogens with one attached hydrogen (secondary N) is 1. The van der Waals surface area contributed by atoms with Crippen LogP contribution in [0.15, 0.2) is 66.7 Å². The van der Waals surface area contributed by atoms with Gasteiger partial charge in [0.25, 0.3) is 0 Å². The van der Waals surface area contributed by atoms with Gasteiger partial charge in [0.2, 0.25) is 0 Å². The monoisotopic (exact) mass is 526 g/mol. The molecule has 0 radical (unpaired) electrons. The lowest BCUT2D eigenvalue weighted by Gasteiger charge is -2.12. The van der Waals surface area contributed by atoms with E-state index in [2.05, 4.69) is 32.9 Å². The van der Waals surface area contributed by atoms with Gasteiger partial charge in [-0.25, -0.2) is 9.97 Å². The normalized spacial score (nSPS) is 10.5. The summed E-state index contributed by atoms with van der Waals surface area (Å²) in [4.78, 5) is 9.40. The van der Waals surface area contributed by atoms with Gasteiger partial charge in [-0.3, -0.25) is 0 Å². The van der Waals surface area contributed by atoms with E-state index in [-0.39, 0.29) is 12.4 Å². The SMILES string of the molecule is Clc1ccc(-c2nc(Nc3ccc(I)cc3)c3ccccc3n2)c(Cl)c1.[Cl-]. The van der Waals surface area contributed by atoms with E-state index in [9.17, 15) is 0 Å². The fourth-order valence-electron chi connectivity index (χ4n) is 2.63. The summed E-state index contributed by atoms with van der Waals surface area (Å²) in [6.45, 7) is 0. The van der Waals surface area contributed by atoms with Crippen molar-refractivity contribution in [3.05, 3.63) is 80.3 Å². The molecule has 0 saturated carbocycles. The van der Waals surface area contributed by atoms with Gasteiger partial charge >= 0.3 is 0 Å². The van der Waals surface area contributed by atoms with Gasteiger partial charge in [-0.2, -0.15) is 0 Å². The average molecular weight is 528 g/mol. The van der Waals surface area contributed by atoms with Gasteiger partial charge < -0.3 is 17.7 Å². The lowest BCUT2D eigenvalue weighted by atomic mass is 10.1. The van der Waals surface area contributed by atoms with E-state index in [1.54, 1.807) is 12.1 Å². The van der Waals surface area contributed by atoms with E-state index in [0.717, 1.165) is 28.0 Å². The molecule has 0 spiro atoms. The van der Waals surface area contributed by atoms with E-state index in [4.69, 9.17) is 28.2 Å². The number of hydrogen-bond donors (Lipinski definition) is 1. The molecule has 1 aromatic heterocycles. The Morgan fingerprint density at radius 3 is 2.33 bits per heavy atom. The van der Waals surface area contributed by atoms with E-state index in [1.165, 1.54) is 3.57 Å². The van der Waals surface area contributed by atoms with Gasteiger partial charge in [-0.15, -0.1) is 0 Å². The molecule has 0 aliphatic heterocycles. The number of para-hydroxylation sites is 1. The highest BCUT2D eigenvalue weighted by Crippen LogP contribution is 2.32. The summed E-state index contributed by atoms with van der Waals surface area (Å²) in [5.74, 6) is 1.29. The van der Waals surface area contributed by atoms with Crippen molar-refractivity contribution in [1.82, 2.24) is 9.97 Å². The second kappa shape index (κ2) is 8.61.